The first-order chi connectivity index (χ1) is 13.2. The molecule has 0 unspecified atom stereocenters. The van der Waals surface area contributed by atoms with Crippen LogP contribution in [0.3, 0.4) is 0 Å². The van der Waals surface area contributed by atoms with Gasteiger partial charge in [0.15, 0.2) is 6.61 Å². The van der Waals surface area contributed by atoms with E-state index in [0.29, 0.717) is 17.1 Å². The van der Waals surface area contributed by atoms with E-state index in [2.05, 4.69) is 22.8 Å². The van der Waals surface area contributed by atoms with Gasteiger partial charge in [0, 0.05) is 5.69 Å². The van der Waals surface area contributed by atoms with Crippen molar-refractivity contribution in [2.45, 2.75) is 6.42 Å². The molecule has 0 fully saturated rings. The Kier molecular flexibility index (Phi) is 4.58. The van der Waals surface area contributed by atoms with Gasteiger partial charge in [-0.15, -0.1) is 0 Å². The van der Waals surface area contributed by atoms with Crippen molar-refractivity contribution in [3.8, 4) is 16.9 Å². The van der Waals surface area contributed by atoms with Gasteiger partial charge in [0.05, 0.1) is 12.1 Å². The fourth-order valence-corrected chi connectivity index (χ4v) is 3.00. The van der Waals surface area contributed by atoms with Gasteiger partial charge in [0.25, 0.3) is 5.91 Å². The summed E-state index contributed by atoms with van der Waals surface area (Å²) in [5, 5.41) is 5.59. The molecule has 1 heterocycles. The molecule has 2 N–H and O–H groups in total. The minimum absolute atomic E-state index is 0.0116. The molecule has 0 bridgehead atoms. The van der Waals surface area contributed by atoms with Crippen molar-refractivity contribution >= 4 is 23.2 Å². The van der Waals surface area contributed by atoms with Crippen molar-refractivity contribution in [3.63, 3.8) is 0 Å². The minimum Gasteiger partial charge on any atom is -0.482 e. The summed E-state index contributed by atoms with van der Waals surface area (Å²) in [5.41, 5.74) is 4.38. The SMILES string of the molecule is O=C(Cc1ccc(-c2ccccc2)cc1)Nc1ccc2c(c1)NC(=O)CO2. The van der Waals surface area contributed by atoms with Crippen molar-refractivity contribution in [1.29, 1.82) is 0 Å². The van der Waals surface area contributed by atoms with Crippen molar-refractivity contribution in [2.24, 2.45) is 0 Å². The fourth-order valence-electron chi connectivity index (χ4n) is 3.00. The Labute approximate surface area is 157 Å². The molecule has 3 aromatic carbocycles. The lowest BCUT2D eigenvalue weighted by Gasteiger charge is -2.18. The molecule has 1 aliphatic heterocycles. The topological polar surface area (TPSA) is 67.4 Å². The number of ether oxygens (including phenoxy) is 1. The number of nitrogens with one attached hydrogen (secondary N) is 2. The number of hydrogen-bond acceptors (Lipinski definition) is 3. The Morgan fingerprint density at radius 1 is 0.963 bits per heavy atom. The second kappa shape index (κ2) is 7.33. The van der Waals surface area contributed by atoms with E-state index < -0.39 is 0 Å². The monoisotopic (exact) mass is 358 g/mol. The van der Waals surface area contributed by atoms with Crippen molar-refractivity contribution in [3.05, 3.63) is 78.4 Å². The van der Waals surface area contributed by atoms with Crippen LogP contribution in [0.4, 0.5) is 11.4 Å². The zero-order valence-electron chi connectivity index (χ0n) is 14.6. The molecular formula is C22H18N2O3. The smallest absolute Gasteiger partial charge is 0.262 e. The first-order valence-electron chi connectivity index (χ1n) is 8.68. The maximum atomic E-state index is 12.3. The molecule has 0 saturated heterocycles. The van der Waals surface area contributed by atoms with E-state index in [4.69, 9.17) is 4.74 Å². The van der Waals surface area contributed by atoms with Crippen molar-refractivity contribution < 1.29 is 14.3 Å². The predicted molar refractivity (Wildman–Crippen MR) is 105 cm³/mol. The van der Waals surface area contributed by atoms with Crippen molar-refractivity contribution in [2.75, 3.05) is 17.2 Å². The van der Waals surface area contributed by atoms with Gasteiger partial charge in [0.2, 0.25) is 5.91 Å². The fraction of sp³-hybridized carbons (Fsp3) is 0.0909. The van der Waals surface area contributed by atoms with Gasteiger partial charge in [-0.1, -0.05) is 54.6 Å². The molecule has 2 amide bonds. The summed E-state index contributed by atoms with van der Waals surface area (Å²) in [6.45, 7) is 0.0116. The standard InChI is InChI=1S/C22H18N2O3/c25-21(23-18-10-11-20-19(13-18)24-22(26)14-27-20)12-15-6-8-17(9-7-15)16-4-2-1-3-5-16/h1-11,13H,12,14H2,(H,23,25)(H,24,26). The summed E-state index contributed by atoms with van der Waals surface area (Å²) >= 11 is 0. The van der Waals surface area contributed by atoms with Crippen LogP contribution >= 0.6 is 0 Å². The molecule has 5 nitrogen and oxygen atoms in total. The quantitative estimate of drug-likeness (QED) is 0.744. The van der Waals surface area contributed by atoms with E-state index in [9.17, 15) is 9.59 Å². The Hall–Kier alpha value is -3.60. The summed E-state index contributed by atoms with van der Waals surface area (Å²) in [7, 11) is 0. The van der Waals surface area contributed by atoms with Crippen LogP contribution < -0.4 is 15.4 Å². The van der Waals surface area contributed by atoms with Crippen LogP contribution in [0, 0.1) is 0 Å². The number of benzene rings is 3. The van der Waals surface area contributed by atoms with E-state index in [-0.39, 0.29) is 24.8 Å². The third-order valence-corrected chi connectivity index (χ3v) is 4.32. The second-order valence-corrected chi connectivity index (χ2v) is 6.34. The normalized spacial score (nSPS) is 12.5. The lowest BCUT2D eigenvalue weighted by Crippen LogP contribution is -2.25. The van der Waals surface area contributed by atoms with E-state index in [1.165, 1.54) is 0 Å². The maximum absolute atomic E-state index is 12.3. The highest BCUT2D eigenvalue weighted by molar-refractivity contribution is 5.98. The number of rotatable bonds is 4. The Morgan fingerprint density at radius 2 is 1.70 bits per heavy atom. The Bertz CT molecular complexity index is 982. The lowest BCUT2D eigenvalue weighted by atomic mass is 10.0. The summed E-state index contributed by atoms with van der Waals surface area (Å²) < 4.78 is 5.31. The van der Waals surface area contributed by atoms with Crippen LogP contribution in [-0.2, 0) is 16.0 Å². The summed E-state index contributed by atoms with van der Waals surface area (Å²) in [4.78, 5) is 23.7. The third-order valence-electron chi connectivity index (χ3n) is 4.32. The van der Waals surface area contributed by atoms with E-state index >= 15 is 0 Å². The number of fused-ring (bicyclic) bond motifs is 1. The molecule has 0 aliphatic carbocycles. The van der Waals surface area contributed by atoms with E-state index in [1.807, 2.05) is 42.5 Å². The number of amides is 2. The molecule has 0 saturated carbocycles. The molecule has 0 spiro atoms. The number of anilines is 2. The number of hydrogen-bond donors (Lipinski definition) is 2. The van der Waals surface area contributed by atoms with Crippen LogP contribution in [0.2, 0.25) is 0 Å². The van der Waals surface area contributed by atoms with Gasteiger partial charge in [-0.25, -0.2) is 0 Å². The Balaban J connectivity index is 1.41. The highest BCUT2D eigenvalue weighted by Crippen LogP contribution is 2.30. The molecule has 0 aromatic heterocycles. The van der Waals surface area contributed by atoms with E-state index in [1.54, 1.807) is 18.2 Å². The van der Waals surface area contributed by atoms with Crippen LogP contribution in [-0.4, -0.2) is 18.4 Å². The van der Waals surface area contributed by atoms with Gasteiger partial charge in [-0.2, -0.15) is 0 Å². The zero-order chi connectivity index (χ0) is 18.6. The van der Waals surface area contributed by atoms with Gasteiger partial charge in [-0.3, -0.25) is 9.59 Å². The molecule has 0 radical (unpaired) electrons. The molecule has 3 aromatic rings. The highest BCUT2D eigenvalue weighted by Gasteiger charge is 2.16. The molecule has 4 rings (SSSR count). The second-order valence-electron chi connectivity index (χ2n) is 6.34. The van der Waals surface area contributed by atoms with Crippen molar-refractivity contribution in [1.82, 2.24) is 0 Å². The highest BCUT2D eigenvalue weighted by atomic mass is 16.5. The van der Waals surface area contributed by atoms with Crippen LogP contribution in [0.15, 0.2) is 72.8 Å². The molecule has 134 valence electrons. The number of carbonyl (C=O) groups is 2. The predicted octanol–water partition coefficient (Wildman–Crippen LogP) is 3.87. The Morgan fingerprint density at radius 3 is 2.48 bits per heavy atom. The molecule has 1 aliphatic rings. The maximum Gasteiger partial charge on any atom is 0.262 e. The summed E-state index contributed by atoms with van der Waals surface area (Å²) in [6, 6.07) is 23.3. The third kappa shape index (κ3) is 3.98. The lowest BCUT2D eigenvalue weighted by molar-refractivity contribution is -0.118. The van der Waals surface area contributed by atoms with Crippen LogP contribution in [0.1, 0.15) is 5.56 Å². The van der Waals surface area contributed by atoms with Gasteiger partial charge >= 0.3 is 0 Å². The molecule has 0 atom stereocenters. The molecular weight excluding hydrogens is 340 g/mol. The van der Waals surface area contributed by atoms with E-state index in [0.717, 1.165) is 16.7 Å². The summed E-state index contributed by atoms with van der Waals surface area (Å²) in [6.07, 6.45) is 0.273. The first kappa shape index (κ1) is 16.8. The first-order valence-corrected chi connectivity index (χ1v) is 8.68. The summed E-state index contributed by atoms with van der Waals surface area (Å²) in [5.74, 6) is 0.277. The zero-order valence-corrected chi connectivity index (χ0v) is 14.6. The molecule has 27 heavy (non-hydrogen) atoms. The average Bonchev–Trinajstić information content (AvgIpc) is 2.69. The largest absolute Gasteiger partial charge is 0.482 e. The number of carbonyl (C=O) groups excluding carboxylic acids is 2. The van der Waals surface area contributed by atoms with Crippen LogP contribution in [0.5, 0.6) is 5.75 Å². The minimum atomic E-state index is -0.204. The van der Waals surface area contributed by atoms with Gasteiger partial charge < -0.3 is 15.4 Å². The van der Waals surface area contributed by atoms with Gasteiger partial charge in [0.1, 0.15) is 5.75 Å². The van der Waals surface area contributed by atoms with Crippen LogP contribution in [0.25, 0.3) is 11.1 Å². The average molecular weight is 358 g/mol. The molecule has 5 heteroatoms. The van der Waals surface area contributed by atoms with Gasteiger partial charge in [-0.05, 0) is 34.9 Å².